The van der Waals surface area contributed by atoms with Gasteiger partial charge in [0.15, 0.2) is 12.2 Å². The van der Waals surface area contributed by atoms with Crippen molar-refractivity contribution in [3.05, 3.63) is 76.8 Å². The minimum Gasteiger partial charge on any atom is -0.495 e. The summed E-state index contributed by atoms with van der Waals surface area (Å²) in [5, 5.41) is 17.5. The molecule has 4 rings (SSSR count). The fraction of sp³-hybridized carbons (Fsp3) is 0.486. The lowest BCUT2D eigenvalue weighted by atomic mass is 9.88. The van der Waals surface area contributed by atoms with Crippen molar-refractivity contribution in [2.45, 2.75) is 77.4 Å². The summed E-state index contributed by atoms with van der Waals surface area (Å²) >= 11 is 6.31. The quantitative estimate of drug-likeness (QED) is 0.389. The average molecular weight is 654 g/mol. The number of benzene rings is 2. The first-order valence-electron chi connectivity index (χ1n) is 15.7. The molecule has 7 atom stereocenters. The van der Waals surface area contributed by atoms with Crippen LogP contribution >= 0.6 is 11.6 Å². The Morgan fingerprint density at radius 3 is 2.50 bits per heavy atom. The van der Waals surface area contributed by atoms with Gasteiger partial charge in [0, 0.05) is 18.9 Å². The van der Waals surface area contributed by atoms with E-state index in [-0.39, 0.29) is 30.7 Å². The van der Waals surface area contributed by atoms with Crippen molar-refractivity contribution in [2.75, 3.05) is 13.7 Å². The topological polar surface area (TPSA) is 136 Å². The maximum Gasteiger partial charge on any atom is 0.311 e. The molecule has 2 aliphatic heterocycles. The number of aliphatic hydroxyl groups is 1. The van der Waals surface area contributed by atoms with Crippen molar-refractivity contribution in [2.24, 2.45) is 22.7 Å². The molecule has 2 amide bonds. The number of amides is 2. The summed E-state index contributed by atoms with van der Waals surface area (Å²) in [6.45, 7) is 7.55. The van der Waals surface area contributed by atoms with Crippen molar-refractivity contribution in [1.82, 2.24) is 10.6 Å². The fourth-order valence-electron chi connectivity index (χ4n) is 5.51. The van der Waals surface area contributed by atoms with E-state index in [0.717, 1.165) is 5.56 Å². The molecule has 0 unspecified atom stereocenters. The molecule has 248 valence electrons. The first-order valence-corrected chi connectivity index (χ1v) is 16.1. The number of ether oxygens (including phenoxy) is 3. The van der Waals surface area contributed by atoms with E-state index in [9.17, 15) is 19.5 Å². The summed E-state index contributed by atoms with van der Waals surface area (Å²) in [5.74, 6) is -1.70. The van der Waals surface area contributed by atoms with E-state index in [1.807, 2.05) is 51.1 Å². The van der Waals surface area contributed by atoms with Crippen LogP contribution in [0.25, 0.3) is 0 Å². The molecule has 2 aliphatic rings. The van der Waals surface area contributed by atoms with Gasteiger partial charge in [-0.15, -0.1) is 0 Å². The number of fused-ring (bicyclic) bond motifs is 1. The van der Waals surface area contributed by atoms with E-state index in [2.05, 4.69) is 10.6 Å². The second-order valence-electron chi connectivity index (χ2n) is 12.4. The summed E-state index contributed by atoms with van der Waals surface area (Å²) in [7, 11) is 1.51. The minimum atomic E-state index is -0.949. The van der Waals surface area contributed by atoms with Crippen LogP contribution in [0.4, 0.5) is 0 Å². The Morgan fingerprint density at radius 1 is 1.09 bits per heavy atom. The van der Waals surface area contributed by atoms with Gasteiger partial charge in [0.1, 0.15) is 11.8 Å². The van der Waals surface area contributed by atoms with Gasteiger partial charge in [0.2, 0.25) is 17.7 Å². The van der Waals surface area contributed by atoms with Crippen LogP contribution in [0.5, 0.6) is 5.75 Å². The molecule has 0 aliphatic carbocycles. The lowest BCUT2D eigenvalue weighted by Gasteiger charge is -2.29. The first-order chi connectivity index (χ1) is 22.0. The third kappa shape index (κ3) is 9.10. The molecule has 2 bridgehead atoms. The van der Waals surface area contributed by atoms with Gasteiger partial charge in [-0.25, -0.2) is 4.99 Å². The number of hydrogen-bond donors (Lipinski definition) is 3. The second kappa shape index (κ2) is 16.1. The normalized spacial score (nSPS) is 28.6. The number of hydrogen-bond acceptors (Lipinski definition) is 8. The zero-order valence-electron chi connectivity index (χ0n) is 26.9. The molecule has 0 fully saturated rings. The molecule has 0 saturated heterocycles. The minimum absolute atomic E-state index is 0.0179. The van der Waals surface area contributed by atoms with Crippen LogP contribution in [0, 0.1) is 17.8 Å². The van der Waals surface area contributed by atoms with E-state index in [0.29, 0.717) is 29.2 Å². The predicted molar refractivity (Wildman–Crippen MR) is 176 cm³/mol. The average Bonchev–Trinajstić information content (AvgIpc) is 3.14. The van der Waals surface area contributed by atoms with Gasteiger partial charge >= 0.3 is 5.97 Å². The van der Waals surface area contributed by atoms with E-state index in [1.165, 1.54) is 13.2 Å². The largest absolute Gasteiger partial charge is 0.495 e. The highest BCUT2D eigenvalue weighted by Gasteiger charge is 2.39. The summed E-state index contributed by atoms with van der Waals surface area (Å²) in [4.78, 5) is 44.8. The number of methoxy groups -OCH3 is 1. The van der Waals surface area contributed by atoms with E-state index < -0.39 is 54.1 Å². The Morgan fingerprint density at radius 2 is 1.83 bits per heavy atom. The van der Waals surface area contributed by atoms with Crippen molar-refractivity contribution in [1.29, 1.82) is 0 Å². The van der Waals surface area contributed by atoms with Gasteiger partial charge in [-0.05, 0) is 48.1 Å². The van der Waals surface area contributed by atoms with E-state index in [4.69, 9.17) is 30.8 Å². The third-order valence-electron chi connectivity index (χ3n) is 8.26. The van der Waals surface area contributed by atoms with Crippen molar-refractivity contribution in [3.63, 3.8) is 0 Å². The van der Waals surface area contributed by atoms with E-state index >= 15 is 0 Å². The molecule has 3 N–H and O–H groups in total. The Labute approximate surface area is 275 Å². The highest BCUT2D eigenvalue weighted by Crippen LogP contribution is 2.34. The standard InChI is InChI=1S/C35H44ClN3O7/c1-20(2)16-29-34-39-26(22(4)31(41)32(46-34)24-10-7-6-8-11-24)12-9-13-30(40)38-27(33(42)37-19-21(3)35(43)45-29)18-23-14-15-28(44-5)25(36)17-23/h6-11,13-15,17,20-22,26-27,29,31-32,41H,12,16,18-19H2,1-5H3,(H,37,42)(H,38,40)/b13-9-/t21-,22+,26+,27-,29+,31-,32+/m1/s1. The van der Waals surface area contributed by atoms with Crippen LogP contribution in [-0.4, -0.2) is 66.7 Å². The highest BCUT2D eigenvalue weighted by molar-refractivity contribution is 6.32. The monoisotopic (exact) mass is 653 g/mol. The molecule has 0 radical (unpaired) electrons. The van der Waals surface area contributed by atoms with Crippen LogP contribution in [-0.2, 0) is 30.3 Å². The molecule has 0 spiro atoms. The fourth-order valence-corrected chi connectivity index (χ4v) is 5.79. The summed E-state index contributed by atoms with van der Waals surface area (Å²) in [5.41, 5.74) is 1.48. The number of carbonyl (C=O) groups excluding carboxylic acids is 3. The van der Waals surface area contributed by atoms with Crippen molar-refractivity contribution in [3.8, 4) is 5.75 Å². The molecule has 46 heavy (non-hydrogen) atoms. The molecule has 2 aromatic carbocycles. The Kier molecular flexibility index (Phi) is 12.2. The SMILES string of the molecule is COc1ccc(C[C@H]2NC(=O)/C=C\C[C@@H]3N=C(O[C@@H](c4ccccc4)[C@H](O)[C@H]3C)[C@H](CC(C)C)OC(=O)[C@H](C)CNC2=O)cc1Cl. The molecular weight excluding hydrogens is 610 g/mol. The van der Waals surface area contributed by atoms with Crippen LogP contribution in [0.15, 0.2) is 65.7 Å². The number of aliphatic hydroxyl groups excluding tert-OH is 1. The molecule has 0 aromatic heterocycles. The Bertz CT molecular complexity index is 1430. The zero-order valence-corrected chi connectivity index (χ0v) is 27.7. The number of rotatable bonds is 6. The van der Waals surface area contributed by atoms with Gasteiger partial charge in [-0.2, -0.15) is 0 Å². The summed E-state index contributed by atoms with van der Waals surface area (Å²) in [6.07, 6.45) is 1.44. The first kappa shape index (κ1) is 35.0. The zero-order chi connectivity index (χ0) is 33.4. The summed E-state index contributed by atoms with van der Waals surface area (Å²) in [6, 6.07) is 13.1. The second-order valence-corrected chi connectivity index (χ2v) is 12.8. The Hall–Kier alpha value is -3.89. The molecule has 10 nitrogen and oxygen atoms in total. The van der Waals surface area contributed by atoms with Gasteiger partial charge in [0.25, 0.3) is 0 Å². The number of esters is 1. The third-order valence-corrected chi connectivity index (χ3v) is 8.56. The van der Waals surface area contributed by atoms with Gasteiger partial charge in [-0.1, -0.05) is 81.8 Å². The van der Waals surface area contributed by atoms with Gasteiger partial charge in [-0.3, -0.25) is 14.4 Å². The van der Waals surface area contributed by atoms with Crippen LogP contribution in [0.1, 0.15) is 57.8 Å². The van der Waals surface area contributed by atoms with Gasteiger partial charge < -0.3 is 30.0 Å². The molecule has 2 heterocycles. The maximum absolute atomic E-state index is 13.4. The van der Waals surface area contributed by atoms with Crippen molar-refractivity contribution < 1.29 is 33.7 Å². The van der Waals surface area contributed by atoms with Crippen LogP contribution in [0.2, 0.25) is 5.02 Å². The number of cyclic esters (lactones) is 1. The number of aliphatic imine (C=N–C) groups is 1. The predicted octanol–water partition coefficient (Wildman–Crippen LogP) is 4.58. The molecule has 11 heteroatoms. The lowest BCUT2D eigenvalue weighted by molar-refractivity contribution is -0.151. The lowest BCUT2D eigenvalue weighted by Crippen LogP contribution is -2.49. The highest BCUT2D eigenvalue weighted by atomic mass is 35.5. The molecular formula is C35H44ClN3O7. The smallest absolute Gasteiger partial charge is 0.311 e. The Balaban J connectivity index is 1.67. The number of halogens is 1. The van der Waals surface area contributed by atoms with Crippen LogP contribution < -0.4 is 15.4 Å². The van der Waals surface area contributed by atoms with Gasteiger partial charge in [0.05, 0.1) is 30.2 Å². The number of nitrogens with one attached hydrogen (secondary N) is 2. The molecule has 2 aromatic rings. The maximum atomic E-state index is 13.4. The number of nitrogens with zero attached hydrogens (tertiary/aromatic N) is 1. The number of carbonyl (C=O) groups is 3. The van der Waals surface area contributed by atoms with Crippen LogP contribution in [0.3, 0.4) is 0 Å². The molecule has 0 saturated carbocycles. The summed E-state index contributed by atoms with van der Waals surface area (Å²) < 4.78 is 17.7. The van der Waals surface area contributed by atoms with Crippen molar-refractivity contribution >= 4 is 35.3 Å². The van der Waals surface area contributed by atoms with E-state index in [1.54, 1.807) is 31.2 Å².